The first-order chi connectivity index (χ1) is 21.3. The maximum Gasteiger partial charge on any atom is 0.326 e. The fraction of sp³-hybridized carbons (Fsp3) is 0.412. The molecule has 0 radical (unpaired) electrons. The smallest absolute Gasteiger partial charge is 0.326 e. The van der Waals surface area contributed by atoms with Crippen molar-refractivity contribution in [2.45, 2.75) is 58.7 Å². The maximum absolute atomic E-state index is 14.6. The van der Waals surface area contributed by atoms with Crippen LogP contribution in [0.4, 0.5) is 4.39 Å². The number of aromatic nitrogens is 3. The highest BCUT2D eigenvalue weighted by Crippen LogP contribution is 2.28. The molecule has 9 nitrogen and oxygen atoms in total. The number of carbonyl (C=O) groups is 1. The number of nitrogens with zero attached hydrogens (tertiary/aromatic N) is 4. The molecule has 1 atom stereocenters. The third-order valence-corrected chi connectivity index (χ3v) is 8.96. The molecule has 44 heavy (non-hydrogen) atoms. The molecule has 1 amide bonds. The van der Waals surface area contributed by atoms with E-state index in [1.165, 1.54) is 22.9 Å². The molecule has 2 aliphatic heterocycles. The van der Waals surface area contributed by atoms with Crippen molar-refractivity contribution in [1.29, 1.82) is 0 Å². The van der Waals surface area contributed by atoms with Crippen molar-refractivity contribution in [1.82, 2.24) is 29.2 Å². The zero-order chi connectivity index (χ0) is 31.0. The number of hydrogen-bond donors (Lipinski definition) is 3. The molecule has 4 aromatic rings. The first-order valence-electron chi connectivity index (χ1n) is 15.6. The average molecular weight is 601 g/mol. The number of likely N-dealkylation sites (tertiary alicyclic amines) is 1. The number of H-pyrrole nitrogens is 1. The number of aliphatic hydroxyl groups is 1. The molecule has 0 saturated carbocycles. The molecule has 0 aliphatic carbocycles. The second-order valence-electron chi connectivity index (χ2n) is 12.1. The zero-order valence-corrected chi connectivity index (χ0v) is 25.6. The molecule has 0 spiro atoms. The predicted octanol–water partition coefficient (Wildman–Crippen LogP) is 2.62. The van der Waals surface area contributed by atoms with Crippen molar-refractivity contribution >= 4 is 29.2 Å². The van der Waals surface area contributed by atoms with Gasteiger partial charge in [0.05, 0.1) is 40.8 Å². The molecule has 0 bridgehead atoms. The highest BCUT2D eigenvalue weighted by atomic mass is 19.1. The van der Waals surface area contributed by atoms with Gasteiger partial charge in [0.1, 0.15) is 5.82 Å². The summed E-state index contributed by atoms with van der Waals surface area (Å²) in [5.74, 6) is -0.317. The van der Waals surface area contributed by atoms with E-state index in [4.69, 9.17) is 0 Å². The van der Waals surface area contributed by atoms with E-state index in [0.717, 1.165) is 61.0 Å². The average Bonchev–Trinajstić information content (AvgIpc) is 3.54. The Morgan fingerprint density at radius 1 is 1.20 bits per heavy atom. The fourth-order valence-electron chi connectivity index (χ4n) is 6.90. The quantitative estimate of drug-likeness (QED) is 0.275. The van der Waals surface area contributed by atoms with Gasteiger partial charge in [-0.2, -0.15) is 0 Å². The van der Waals surface area contributed by atoms with Crippen LogP contribution in [0.2, 0.25) is 0 Å². The number of rotatable bonds is 9. The van der Waals surface area contributed by atoms with E-state index in [-0.39, 0.29) is 36.7 Å². The first-order valence-corrected chi connectivity index (χ1v) is 15.6. The van der Waals surface area contributed by atoms with Crippen molar-refractivity contribution in [2.24, 2.45) is 0 Å². The second-order valence-corrected chi connectivity index (χ2v) is 12.1. The molecule has 2 aromatic carbocycles. The van der Waals surface area contributed by atoms with Crippen molar-refractivity contribution in [3.05, 3.63) is 86.2 Å². The van der Waals surface area contributed by atoms with Gasteiger partial charge >= 0.3 is 5.69 Å². The van der Waals surface area contributed by atoms with Crippen molar-refractivity contribution in [2.75, 3.05) is 32.8 Å². The maximum atomic E-state index is 14.6. The molecule has 1 saturated heterocycles. The first kappa shape index (κ1) is 29.9. The Balaban J connectivity index is 1.32. The number of amides is 1. The van der Waals surface area contributed by atoms with Crippen LogP contribution in [0.1, 0.15) is 61.0 Å². The molecule has 1 fully saturated rings. The fourth-order valence-corrected chi connectivity index (χ4v) is 6.90. The number of aromatic amines is 1. The summed E-state index contributed by atoms with van der Waals surface area (Å²) in [6, 6.07) is 10.5. The number of aliphatic hydroxyl groups excluding tert-OH is 1. The second kappa shape index (κ2) is 12.5. The van der Waals surface area contributed by atoms with E-state index >= 15 is 0 Å². The van der Waals surface area contributed by atoms with Gasteiger partial charge in [-0.15, -0.1) is 0 Å². The summed E-state index contributed by atoms with van der Waals surface area (Å²) in [6.45, 7) is 9.96. The van der Waals surface area contributed by atoms with E-state index in [0.29, 0.717) is 17.8 Å². The topological polar surface area (TPSA) is 98.5 Å². The number of hydrogen-bond acceptors (Lipinski definition) is 5. The molecule has 3 N–H and O–H groups in total. The largest absolute Gasteiger partial charge is 0.395 e. The summed E-state index contributed by atoms with van der Waals surface area (Å²) < 4.78 is 18.2. The Bertz CT molecular complexity index is 1870. The summed E-state index contributed by atoms with van der Waals surface area (Å²) in [5, 5.41) is 14.8. The van der Waals surface area contributed by atoms with Gasteiger partial charge in [-0.25, -0.2) is 9.18 Å². The van der Waals surface area contributed by atoms with Crippen LogP contribution >= 0.6 is 0 Å². The Hall–Kier alpha value is -4.15. The van der Waals surface area contributed by atoms with Gasteiger partial charge in [-0.05, 0) is 87.5 Å². The van der Waals surface area contributed by atoms with Gasteiger partial charge in [0, 0.05) is 49.8 Å². The van der Waals surface area contributed by atoms with Crippen LogP contribution in [0, 0.1) is 5.82 Å². The van der Waals surface area contributed by atoms with E-state index < -0.39 is 5.82 Å². The summed E-state index contributed by atoms with van der Waals surface area (Å²) in [7, 11) is 0. The van der Waals surface area contributed by atoms with E-state index in [2.05, 4.69) is 38.1 Å². The van der Waals surface area contributed by atoms with Crippen molar-refractivity contribution in [3.8, 4) is 5.69 Å². The summed E-state index contributed by atoms with van der Waals surface area (Å²) in [6.07, 6.45) is 8.46. The van der Waals surface area contributed by atoms with Gasteiger partial charge < -0.3 is 24.9 Å². The minimum absolute atomic E-state index is 0.00559. The van der Waals surface area contributed by atoms with E-state index in [1.807, 2.05) is 39.1 Å². The Morgan fingerprint density at radius 2 is 2.05 bits per heavy atom. The number of nitrogens with one attached hydrogen (secondary N) is 2. The molecular weight excluding hydrogens is 559 g/mol. The number of fused-ring (bicyclic) bond motifs is 2. The van der Waals surface area contributed by atoms with E-state index in [1.54, 1.807) is 15.5 Å². The summed E-state index contributed by atoms with van der Waals surface area (Å²) in [5.41, 5.74) is 4.76. The van der Waals surface area contributed by atoms with Crippen LogP contribution in [0.5, 0.6) is 0 Å². The predicted molar refractivity (Wildman–Crippen MR) is 171 cm³/mol. The van der Waals surface area contributed by atoms with Crippen LogP contribution in [0.3, 0.4) is 0 Å². The normalized spacial score (nSPS) is 16.8. The number of benzene rings is 2. The van der Waals surface area contributed by atoms with Crippen LogP contribution < -0.4 is 21.6 Å². The van der Waals surface area contributed by atoms with Crippen molar-refractivity contribution < 1.29 is 14.3 Å². The minimum Gasteiger partial charge on any atom is -0.395 e. The highest BCUT2D eigenvalue weighted by Gasteiger charge is 2.27. The van der Waals surface area contributed by atoms with Crippen LogP contribution in [-0.4, -0.2) is 73.8 Å². The molecule has 4 heterocycles. The summed E-state index contributed by atoms with van der Waals surface area (Å²) >= 11 is 0. The Labute approximate surface area is 255 Å². The van der Waals surface area contributed by atoms with Gasteiger partial charge in [0.15, 0.2) is 0 Å². The van der Waals surface area contributed by atoms with Gasteiger partial charge in [-0.3, -0.25) is 14.3 Å². The standard InChI is InChI=1S/C34H41FN6O3/c1-4-39(22(2)3)33(43)27-17-25(35)8-10-30(27)41-21-28(26-11-12-36-18-32(26)41)24-6-5-13-38(20-24)19-23-7-9-31-29(16-23)37-34(44)40(31)14-15-42/h7-11,16-18,21-22,24,36,42H,4-6,12-15,19-20H2,1-3H3,(H,37,44). The van der Waals surface area contributed by atoms with Crippen LogP contribution in [0.25, 0.3) is 29.0 Å². The monoisotopic (exact) mass is 600 g/mol. The minimum atomic E-state index is -0.429. The molecule has 10 heteroatoms. The van der Waals surface area contributed by atoms with E-state index in [9.17, 15) is 19.1 Å². The number of imidazole rings is 1. The summed E-state index contributed by atoms with van der Waals surface area (Å²) in [4.78, 5) is 33.1. The number of carbonyl (C=O) groups excluding carboxylic acids is 1. The van der Waals surface area contributed by atoms with Crippen LogP contribution in [0.15, 0.2) is 47.4 Å². The lowest BCUT2D eigenvalue weighted by Gasteiger charge is -2.32. The lowest BCUT2D eigenvalue weighted by atomic mass is 9.90. The third kappa shape index (κ3) is 5.59. The molecule has 6 rings (SSSR count). The van der Waals surface area contributed by atoms with Gasteiger partial charge in [0.25, 0.3) is 5.91 Å². The SMILES string of the molecule is CCN(C(=O)c1cc(F)ccc1-n1cc(C2CCCN(Cc3ccc4c(c3)[nH]c(=O)n4CCO)C2)c2c1=CNCC=2)C(C)C. The molecular formula is C34H41FN6O3. The molecule has 2 aromatic heterocycles. The van der Waals surface area contributed by atoms with Crippen molar-refractivity contribution in [3.63, 3.8) is 0 Å². The van der Waals surface area contributed by atoms with Gasteiger partial charge in [0.2, 0.25) is 0 Å². The Morgan fingerprint density at radius 3 is 2.82 bits per heavy atom. The molecule has 2 aliphatic rings. The number of halogens is 1. The third-order valence-electron chi connectivity index (χ3n) is 8.96. The lowest BCUT2D eigenvalue weighted by molar-refractivity contribution is 0.0716. The highest BCUT2D eigenvalue weighted by molar-refractivity contribution is 5.98. The zero-order valence-electron chi connectivity index (χ0n) is 25.6. The molecule has 1 unspecified atom stereocenters. The lowest BCUT2D eigenvalue weighted by Crippen LogP contribution is -2.40. The molecule has 232 valence electrons. The van der Waals surface area contributed by atoms with Gasteiger partial charge in [-0.1, -0.05) is 12.1 Å². The Kier molecular flexibility index (Phi) is 8.46. The van der Waals surface area contributed by atoms with Crippen LogP contribution in [-0.2, 0) is 13.1 Å². The number of piperidine rings is 1.